The van der Waals surface area contributed by atoms with Crippen LogP contribution in [0.5, 0.6) is 0 Å². The van der Waals surface area contributed by atoms with Gasteiger partial charge < -0.3 is 14.6 Å². The van der Waals surface area contributed by atoms with Gasteiger partial charge in [0, 0.05) is 0 Å². The molecule has 4 nitrogen and oxygen atoms in total. The highest BCUT2D eigenvalue weighted by Crippen LogP contribution is 2.24. The van der Waals surface area contributed by atoms with E-state index in [4.69, 9.17) is 4.74 Å². The van der Waals surface area contributed by atoms with Gasteiger partial charge in [-0.1, -0.05) is 30.3 Å². The quantitative estimate of drug-likeness (QED) is 0.540. The van der Waals surface area contributed by atoms with Crippen molar-refractivity contribution in [2.45, 2.75) is 19.3 Å². The molecule has 0 fully saturated rings. The second-order valence-electron chi connectivity index (χ2n) is 3.50. The van der Waals surface area contributed by atoms with Gasteiger partial charge in [0.15, 0.2) is 0 Å². The Morgan fingerprint density at radius 1 is 1.31 bits per heavy atom. The molecule has 0 N–H and O–H groups in total. The van der Waals surface area contributed by atoms with Crippen LogP contribution in [0.2, 0.25) is 0 Å². The molecule has 0 unspecified atom stereocenters. The largest absolute Gasteiger partial charge is 0.549 e. The number of esters is 1. The lowest BCUT2D eigenvalue weighted by atomic mass is 9.82. The Kier molecular flexibility index (Phi) is 3.66. The summed E-state index contributed by atoms with van der Waals surface area (Å²) in [7, 11) is 0. The number of carboxylic acids is 1. The normalized spacial score (nSPS) is 13.9. The van der Waals surface area contributed by atoms with Gasteiger partial charge >= 0.3 is 5.97 Å². The number of carbonyl (C=O) groups excluding carboxylic acids is 2. The molecule has 0 aliphatic rings. The van der Waals surface area contributed by atoms with Crippen LogP contribution in [0, 0.1) is 0 Å². The van der Waals surface area contributed by atoms with E-state index in [9.17, 15) is 14.7 Å². The van der Waals surface area contributed by atoms with Gasteiger partial charge in [-0.3, -0.25) is 4.79 Å². The highest BCUT2D eigenvalue weighted by atomic mass is 16.5. The summed E-state index contributed by atoms with van der Waals surface area (Å²) in [6.45, 7) is 3.04. The highest BCUT2D eigenvalue weighted by Gasteiger charge is 2.38. The van der Waals surface area contributed by atoms with Crippen LogP contribution in [-0.4, -0.2) is 18.5 Å². The van der Waals surface area contributed by atoms with Crippen molar-refractivity contribution in [2.24, 2.45) is 0 Å². The average Bonchev–Trinajstić information content (AvgIpc) is 2.29. The molecule has 0 aromatic heterocycles. The van der Waals surface area contributed by atoms with Gasteiger partial charge in [-0.05, 0) is 19.4 Å². The maximum absolute atomic E-state index is 11.7. The Hall–Kier alpha value is -1.84. The molecular formula is C12H13O4-. The number of benzene rings is 1. The van der Waals surface area contributed by atoms with E-state index in [-0.39, 0.29) is 6.61 Å². The lowest BCUT2D eigenvalue weighted by molar-refractivity contribution is -0.312. The fourth-order valence-corrected chi connectivity index (χ4v) is 1.37. The van der Waals surface area contributed by atoms with E-state index in [0.29, 0.717) is 5.56 Å². The summed E-state index contributed by atoms with van der Waals surface area (Å²) < 4.78 is 4.76. The summed E-state index contributed by atoms with van der Waals surface area (Å²) >= 11 is 0. The number of carboxylic acid groups (broad SMARTS) is 1. The van der Waals surface area contributed by atoms with E-state index in [1.165, 1.54) is 6.92 Å². The van der Waals surface area contributed by atoms with Crippen molar-refractivity contribution < 1.29 is 19.4 Å². The SMILES string of the molecule is CCOC(=O)[C@@](C)(C(=O)[O-])c1ccccc1. The van der Waals surface area contributed by atoms with E-state index in [1.54, 1.807) is 37.3 Å². The minimum atomic E-state index is -1.75. The van der Waals surface area contributed by atoms with Crippen molar-refractivity contribution in [2.75, 3.05) is 6.61 Å². The zero-order valence-corrected chi connectivity index (χ0v) is 9.23. The van der Waals surface area contributed by atoms with E-state index in [1.807, 2.05) is 0 Å². The lowest BCUT2D eigenvalue weighted by Gasteiger charge is -2.28. The topological polar surface area (TPSA) is 66.4 Å². The molecular weight excluding hydrogens is 208 g/mol. The minimum absolute atomic E-state index is 0.133. The standard InChI is InChI=1S/C12H14O4/c1-3-16-11(15)12(2,10(13)14)9-7-5-4-6-8-9/h4-8H,3H2,1-2H3,(H,13,14)/p-1/t12-/m1/s1. The van der Waals surface area contributed by atoms with Crippen molar-refractivity contribution >= 4 is 11.9 Å². The van der Waals surface area contributed by atoms with Gasteiger partial charge in [-0.15, -0.1) is 0 Å². The first-order chi connectivity index (χ1) is 7.53. The molecule has 0 aliphatic heterocycles. The van der Waals surface area contributed by atoms with Crippen molar-refractivity contribution in [3.63, 3.8) is 0 Å². The van der Waals surface area contributed by atoms with E-state index in [0.717, 1.165) is 0 Å². The maximum Gasteiger partial charge on any atom is 0.322 e. The smallest absolute Gasteiger partial charge is 0.322 e. The molecule has 16 heavy (non-hydrogen) atoms. The first-order valence-corrected chi connectivity index (χ1v) is 4.97. The summed E-state index contributed by atoms with van der Waals surface area (Å²) in [5, 5.41) is 11.1. The third kappa shape index (κ3) is 2.05. The third-order valence-electron chi connectivity index (χ3n) is 2.44. The van der Waals surface area contributed by atoms with Crippen LogP contribution < -0.4 is 5.11 Å². The van der Waals surface area contributed by atoms with Crippen LogP contribution >= 0.6 is 0 Å². The Morgan fingerprint density at radius 3 is 2.31 bits per heavy atom. The fourth-order valence-electron chi connectivity index (χ4n) is 1.37. The zero-order chi connectivity index (χ0) is 12.2. The van der Waals surface area contributed by atoms with E-state index in [2.05, 4.69) is 0 Å². The van der Waals surface area contributed by atoms with Gasteiger partial charge in [0.25, 0.3) is 0 Å². The van der Waals surface area contributed by atoms with Crippen LogP contribution in [0.15, 0.2) is 30.3 Å². The number of hydrogen-bond acceptors (Lipinski definition) is 4. The summed E-state index contributed by atoms with van der Waals surface area (Å²) in [6, 6.07) is 8.19. The molecule has 1 aromatic rings. The van der Waals surface area contributed by atoms with Gasteiger partial charge in [-0.25, -0.2) is 0 Å². The molecule has 0 radical (unpaired) electrons. The molecule has 86 valence electrons. The van der Waals surface area contributed by atoms with Gasteiger partial charge in [0.2, 0.25) is 0 Å². The van der Waals surface area contributed by atoms with Crippen LogP contribution in [0.4, 0.5) is 0 Å². The predicted molar refractivity (Wildman–Crippen MR) is 55.4 cm³/mol. The number of aliphatic carboxylic acids is 1. The van der Waals surface area contributed by atoms with Crippen LogP contribution in [0.25, 0.3) is 0 Å². The molecule has 0 amide bonds. The fraction of sp³-hybridized carbons (Fsp3) is 0.333. The number of ether oxygens (including phenoxy) is 1. The minimum Gasteiger partial charge on any atom is -0.549 e. The zero-order valence-electron chi connectivity index (χ0n) is 9.23. The summed E-state index contributed by atoms with van der Waals surface area (Å²) in [6.07, 6.45) is 0. The predicted octanol–water partition coefficient (Wildman–Crippen LogP) is 0.257. The van der Waals surface area contributed by atoms with Gasteiger partial charge in [0.05, 0.1) is 12.6 Å². The molecule has 1 rings (SSSR count). The Morgan fingerprint density at radius 2 is 1.88 bits per heavy atom. The van der Waals surface area contributed by atoms with E-state index >= 15 is 0 Å². The Labute approximate surface area is 93.9 Å². The third-order valence-corrected chi connectivity index (χ3v) is 2.44. The molecule has 0 heterocycles. The Balaban J connectivity index is 3.17. The van der Waals surface area contributed by atoms with Crippen molar-refractivity contribution in [3.05, 3.63) is 35.9 Å². The number of carbonyl (C=O) groups is 2. The van der Waals surface area contributed by atoms with Crippen LogP contribution in [0.3, 0.4) is 0 Å². The van der Waals surface area contributed by atoms with E-state index < -0.39 is 17.4 Å². The average molecular weight is 221 g/mol. The molecule has 0 aliphatic carbocycles. The number of rotatable bonds is 4. The molecule has 1 atom stereocenters. The van der Waals surface area contributed by atoms with Gasteiger partial charge in [0.1, 0.15) is 5.41 Å². The first kappa shape index (κ1) is 12.2. The van der Waals surface area contributed by atoms with Crippen molar-refractivity contribution in [1.82, 2.24) is 0 Å². The Bertz CT molecular complexity index is 385. The van der Waals surface area contributed by atoms with Crippen molar-refractivity contribution in [3.8, 4) is 0 Å². The van der Waals surface area contributed by atoms with Crippen LogP contribution in [-0.2, 0) is 19.7 Å². The molecule has 0 saturated carbocycles. The van der Waals surface area contributed by atoms with Crippen molar-refractivity contribution in [1.29, 1.82) is 0 Å². The number of hydrogen-bond donors (Lipinski definition) is 0. The first-order valence-electron chi connectivity index (χ1n) is 4.97. The summed E-state index contributed by atoms with van der Waals surface area (Å²) in [5.74, 6) is -2.27. The molecule has 1 aromatic carbocycles. The summed E-state index contributed by atoms with van der Waals surface area (Å²) in [4.78, 5) is 22.8. The van der Waals surface area contributed by atoms with Crippen LogP contribution in [0.1, 0.15) is 19.4 Å². The lowest BCUT2D eigenvalue weighted by Crippen LogP contribution is -2.50. The monoisotopic (exact) mass is 221 g/mol. The molecule has 0 bridgehead atoms. The van der Waals surface area contributed by atoms with Gasteiger partial charge in [-0.2, -0.15) is 0 Å². The molecule has 0 spiro atoms. The maximum atomic E-state index is 11.7. The highest BCUT2D eigenvalue weighted by molar-refractivity contribution is 6.04. The molecule has 4 heteroatoms. The molecule has 0 saturated heterocycles. The summed E-state index contributed by atoms with van der Waals surface area (Å²) in [5.41, 5.74) is -1.40. The second kappa shape index (κ2) is 4.79. The second-order valence-corrected chi connectivity index (χ2v) is 3.50.